The number of nitrogens with one attached hydrogen (secondary N) is 1. The second kappa shape index (κ2) is 6.84. The molecule has 0 bridgehead atoms. The number of furan rings is 1. The SMILES string of the molecule is COCc1ccc(CNC(=O)c2oc3c(F)cccc3c2C)cc1. The molecule has 4 nitrogen and oxygen atoms in total. The van der Waals surface area contributed by atoms with E-state index in [1.807, 2.05) is 24.3 Å². The van der Waals surface area contributed by atoms with Crippen molar-refractivity contribution in [2.75, 3.05) is 7.11 Å². The minimum Gasteiger partial charge on any atom is -0.448 e. The number of fused-ring (bicyclic) bond motifs is 1. The average Bonchev–Trinajstić information content (AvgIpc) is 2.93. The first-order valence-electron chi connectivity index (χ1n) is 7.62. The Balaban J connectivity index is 1.73. The lowest BCUT2D eigenvalue weighted by atomic mass is 10.1. The van der Waals surface area contributed by atoms with Gasteiger partial charge in [0.25, 0.3) is 5.91 Å². The molecule has 0 unspecified atom stereocenters. The smallest absolute Gasteiger partial charge is 0.287 e. The molecule has 0 spiro atoms. The summed E-state index contributed by atoms with van der Waals surface area (Å²) in [5, 5.41) is 3.42. The van der Waals surface area contributed by atoms with Crippen LogP contribution in [0.2, 0.25) is 0 Å². The van der Waals surface area contributed by atoms with Crippen molar-refractivity contribution < 1.29 is 18.3 Å². The van der Waals surface area contributed by atoms with Gasteiger partial charge in [0.1, 0.15) is 0 Å². The van der Waals surface area contributed by atoms with Gasteiger partial charge in [0, 0.05) is 24.6 Å². The Kier molecular flexibility index (Phi) is 4.62. The molecule has 0 fully saturated rings. The predicted molar refractivity (Wildman–Crippen MR) is 89.2 cm³/mol. The highest BCUT2D eigenvalue weighted by molar-refractivity contribution is 5.98. The first-order chi connectivity index (χ1) is 11.6. The standard InChI is InChI=1S/C19H18FNO3/c1-12-15-4-3-5-16(20)18(15)24-17(12)19(22)21-10-13-6-8-14(9-7-13)11-23-2/h3-9H,10-11H2,1-2H3,(H,21,22). The van der Waals surface area contributed by atoms with Gasteiger partial charge < -0.3 is 14.5 Å². The summed E-state index contributed by atoms with van der Waals surface area (Å²) in [6, 6.07) is 12.4. The maximum Gasteiger partial charge on any atom is 0.287 e. The monoisotopic (exact) mass is 327 g/mol. The molecule has 5 heteroatoms. The summed E-state index contributed by atoms with van der Waals surface area (Å²) in [5.74, 6) is -0.682. The summed E-state index contributed by atoms with van der Waals surface area (Å²) in [6.45, 7) is 2.67. The Bertz CT molecular complexity index is 868. The van der Waals surface area contributed by atoms with E-state index in [0.717, 1.165) is 11.1 Å². The highest BCUT2D eigenvalue weighted by atomic mass is 19.1. The topological polar surface area (TPSA) is 51.5 Å². The van der Waals surface area contributed by atoms with Gasteiger partial charge >= 0.3 is 0 Å². The first kappa shape index (κ1) is 16.2. The van der Waals surface area contributed by atoms with E-state index in [0.29, 0.717) is 24.1 Å². The quantitative estimate of drug-likeness (QED) is 0.772. The van der Waals surface area contributed by atoms with E-state index in [4.69, 9.17) is 9.15 Å². The zero-order valence-electron chi connectivity index (χ0n) is 13.6. The number of hydrogen-bond acceptors (Lipinski definition) is 3. The fourth-order valence-electron chi connectivity index (χ4n) is 2.61. The van der Waals surface area contributed by atoms with Crippen molar-refractivity contribution in [2.45, 2.75) is 20.1 Å². The van der Waals surface area contributed by atoms with E-state index in [-0.39, 0.29) is 17.3 Å². The second-order valence-corrected chi connectivity index (χ2v) is 5.60. The Morgan fingerprint density at radius 2 is 1.88 bits per heavy atom. The lowest BCUT2D eigenvalue weighted by Crippen LogP contribution is -2.22. The van der Waals surface area contributed by atoms with Crippen molar-refractivity contribution in [3.8, 4) is 0 Å². The van der Waals surface area contributed by atoms with Crippen LogP contribution < -0.4 is 5.32 Å². The van der Waals surface area contributed by atoms with Crippen LogP contribution >= 0.6 is 0 Å². The van der Waals surface area contributed by atoms with Crippen LogP contribution in [0.25, 0.3) is 11.0 Å². The number of carbonyl (C=O) groups is 1. The van der Waals surface area contributed by atoms with Crippen molar-refractivity contribution >= 4 is 16.9 Å². The molecule has 24 heavy (non-hydrogen) atoms. The number of methoxy groups -OCH3 is 1. The zero-order chi connectivity index (χ0) is 17.1. The van der Waals surface area contributed by atoms with E-state index < -0.39 is 5.82 Å². The Morgan fingerprint density at radius 1 is 1.17 bits per heavy atom. The van der Waals surface area contributed by atoms with Crippen molar-refractivity contribution in [3.63, 3.8) is 0 Å². The summed E-state index contributed by atoms with van der Waals surface area (Å²) in [4.78, 5) is 12.3. The first-order valence-corrected chi connectivity index (χ1v) is 7.62. The average molecular weight is 327 g/mol. The summed E-state index contributed by atoms with van der Waals surface area (Å²) < 4.78 is 24.2. The summed E-state index contributed by atoms with van der Waals surface area (Å²) in [6.07, 6.45) is 0. The molecular formula is C19H18FNO3. The van der Waals surface area contributed by atoms with Gasteiger partial charge in [0.05, 0.1) is 6.61 Å². The lowest BCUT2D eigenvalue weighted by Gasteiger charge is -2.05. The third kappa shape index (κ3) is 3.16. The summed E-state index contributed by atoms with van der Waals surface area (Å²) in [7, 11) is 1.65. The molecule has 0 saturated carbocycles. The van der Waals surface area contributed by atoms with Crippen molar-refractivity contribution in [2.24, 2.45) is 0 Å². The van der Waals surface area contributed by atoms with Gasteiger partial charge in [-0.25, -0.2) is 4.39 Å². The number of hydrogen-bond donors (Lipinski definition) is 1. The highest BCUT2D eigenvalue weighted by Crippen LogP contribution is 2.27. The Hall–Kier alpha value is -2.66. The third-order valence-electron chi connectivity index (χ3n) is 3.91. The molecule has 1 amide bonds. The normalized spacial score (nSPS) is 11.0. The molecule has 1 heterocycles. The van der Waals surface area contributed by atoms with Gasteiger partial charge in [-0.15, -0.1) is 0 Å². The molecule has 0 radical (unpaired) electrons. The number of para-hydroxylation sites is 1. The number of amides is 1. The minimum absolute atomic E-state index is 0.115. The number of ether oxygens (including phenoxy) is 1. The molecule has 0 atom stereocenters. The fourth-order valence-corrected chi connectivity index (χ4v) is 2.61. The third-order valence-corrected chi connectivity index (χ3v) is 3.91. The van der Waals surface area contributed by atoms with Crippen LogP contribution in [-0.2, 0) is 17.9 Å². The second-order valence-electron chi connectivity index (χ2n) is 5.60. The van der Waals surface area contributed by atoms with Gasteiger partial charge in [-0.3, -0.25) is 4.79 Å². The van der Waals surface area contributed by atoms with Crippen LogP contribution in [0.15, 0.2) is 46.9 Å². The van der Waals surface area contributed by atoms with Gasteiger partial charge in [-0.05, 0) is 24.1 Å². The fraction of sp³-hybridized carbons (Fsp3) is 0.211. The minimum atomic E-state index is -0.469. The molecule has 0 aliphatic carbocycles. The van der Waals surface area contributed by atoms with Gasteiger partial charge in [-0.2, -0.15) is 0 Å². The number of rotatable bonds is 5. The molecule has 3 rings (SSSR count). The van der Waals surface area contributed by atoms with Crippen molar-refractivity contribution in [1.29, 1.82) is 0 Å². The molecule has 124 valence electrons. The number of benzene rings is 2. The van der Waals surface area contributed by atoms with Crippen LogP contribution in [0.4, 0.5) is 4.39 Å². The number of carbonyl (C=O) groups excluding carboxylic acids is 1. The largest absolute Gasteiger partial charge is 0.448 e. The van der Waals surface area contributed by atoms with Crippen molar-refractivity contribution in [3.05, 3.63) is 70.7 Å². The molecule has 0 saturated heterocycles. The van der Waals surface area contributed by atoms with Crippen LogP contribution in [-0.4, -0.2) is 13.0 Å². The summed E-state index contributed by atoms with van der Waals surface area (Å²) in [5.41, 5.74) is 2.78. The molecular weight excluding hydrogens is 309 g/mol. The molecule has 0 aliphatic rings. The Labute approximate surface area is 139 Å². The van der Waals surface area contributed by atoms with E-state index in [9.17, 15) is 9.18 Å². The zero-order valence-corrected chi connectivity index (χ0v) is 13.6. The van der Waals surface area contributed by atoms with E-state index >= 15 is 0 Å². The molecule has 1 N–H and O–H groups in total. The maximum absolute atomic E-state index is 13.8. The molecule has 2 aromatic carbocycles. The van der Waals surface area contributed by atoms with Crippen LogP contribution in [0.3, 0.4) is 0 Å². The molecule has 3 aromatic rings. The highest BCUT2D eigenvalue weighted by Gasteiger charge is 2.19. The maximum atomic E-state index is 13.8. The van der Waals surface area contributed by atoms with Gasteiger partial charge in [-0.1, -0.05) is 36.4 Å². The lowest BCUT2D eigenvalue weighted by molar-refractivity contribution is 0.0924. The number of halogens is 1. The van der Waals surface area contributed by atoms with Crippen LogP contribution in [0.5, 0.6) is 0 Å². The molecule has 0 aliphatic heterocycles. The van der Waals surface area contributed by atoms with Crippen LogP contribution in [0.1, 0.15) is 27.2 Å². The summed E-state index contributed by atoms with van der Waals surface area (Å²) >= 11 is 0. The van der Waals surface area contributed by atoms with E-state index in [1.54, 1.807) is 26.2 Å². The van der Waals surface area contributed by atoms with Gasteiger partial charge in [0.15, 0.2) is 17.2 Å². The Morgan fingerprint density at radius 3 is 2.54 bits per heavy atom. The van der Waals surface area contributed by atoms with E-state index in [1.165, 1.54) is 6.07 Å². The number of aryl methyl sites for hydroxylation is 1. The van der Waals surface area contributed by atoms with E-state index in [2.05, 4.69) is 5.32 Å². The predicted octanol–water partition coefficient (Wildman–Crippen LogP) is 3.96. The molecule has 1 aromatic heterocycles. The van der Waals surface area contributed by atoms with Gasteiger partial charge in [0.2, 0.25) is 0 Å². The van der Waals surface area contributed by atoms with Crippen molar-refractivity contribution in [1.82, 2.24) is 5.32 Å². The van der Waals surface area contributed by atoms with Crippen LogP contribution in [0, 0.1) is 12.7 Å².